The van der Waals surface area contributed by atoms with Gasteiger partial charge in [0.05, 0.1) is 6.54 Å². The number of amides is 1. The molecule has 4 aromatic rings. The average molecular weight is 456 g/mol. The fraction of sp³-hybridized carbons (Fsp3) is 0.130. The molecule has 1 radical (unpaired) electrons. The maximum Gasteiger partial charge on any atom is 0.341 e. The van der Waals surface area contributed by atoms with Gasteiger partial charge in [-0.1, -0.05) is 18.2 Å². The molecule has 0 bridgehead atoms. The third kappa shape index (κ3) is 4.83. The number of aromatic nitrogens is 2. The molecule has 3 heterocycles. The molecule has 1 aromatic carbocycles. The van der Waals surface area contributed by atoms with Gasteiger partial charge in [-0.05, 0) is 47.7 Å². The van der Waals surface area contributed by atoms with Crippen molar-refractivity contribution in [2.24, 2.45) is 0 Å². The SMILES string of the molecule is Cc1c(CN(C)C(=O)C=Cc2cnc3[nH]c(=O)c(C(=O)O)cc3c2)sc2ccccc12.[Na]. The third-order valence-electron chi connectivity index (χ3n) is 5.06. The molecule has 3 aromatic heterocycles. The standard InChI is InChI=1S/C23H19N3O4S.Na/c1-13-16-5-3-4-6-18(16)31-19(13)12-26(2)20(27)8-7-14-9-15-10-17(23(29)30)22(28)25-21(15)24-11-14;/h3-11H,12H2,1-2H3,(H,29,30)(H,24,25,28);. The van der Waals surface area contributed by atoms with Crippen molar-refractivity contribution >= 4 is 80.0 Å². The predicted molar refractivity (Wildman–Crippen MR) is 127 cm³/mol. The second-order valence-electron chi connectivity index (χ2n) is 7.20. The number of pyridine rings is 2. The number of aromatic carboxylic acids is 1. The second kappa shape index (κ2) is 9.79. The zero-order valence-electron chi connectivity index (χ0n) is 17.9. The van der Waals surface area contributed by atoms with Crippen LogP contribution >= 0.6 is 11.3 Å². The van der Waals surface area contributed by atoms with E-state index in [1.165, 1.54) is 34.0 Å². The van der Waals surface area contributed by atoms with E-state index in [1.54, 1.807) is 35.4 Å². The summed E-state index contributed by atoms with van der Waals surface area (Å²) in [6.07, 6.45) is 4.59. The Morgan fingerprint density at radius 2 is 2.00 bits per heavy atom. The first-order chi connectivity index (χ1) is 14.8. The number of hydrogen-bond acceptors (Lipinski definition) is 5. The molecule has 9 heteroatoms. The number of nitrogens with one attached hydrogen (secondary N) is 1. The molecule has 0 atom stereocenters. The first kappa shape index (κ1) is 23.9. The molecular weight excluding hydrogens is 437 g/mol. The van der Waals surface area contributed by atoms with Gasteiger partial charge in [0.1, 0.15) is 11.2 Å². The summed E-state index contributed by atoms with van der Waals surface area (Å²) in [6.45, 7) is 2.58. The summed E-state index contributed by atoms with van der Waals surface area (Å²) in [5, 5.41) is 10.8. The van der Waals surface area contributed by atoms with Gasteiger partial charge in [0.15, 0.2) is 0 Å². The van der Waals surface area contributed by atoms with Crippen molar-refractivity contribution in [1.29, 1.82) is 0 Å². The number of carboxylic acid groups (broad SMARTS) is 1. The monoisotopic (exact) mass is 456 g/mol. The number of likely N-dealkylation sites (N-methyl/N-ethyl adjacent to an activating group) is 1. The van der Waals surface area contributed by atoms with Gasteiger partial charge < -0.3 is 15.0 Å². The first-order valence-electron chi connectivity index (χ1n) is 9.50. The summed E-state index contributed by atoms with van der Waals surface area (Å²) in [6, 6.07) is 11.1. The van der Waals surface area contributed by atoms with Gasteiger partial charge >= 0.3 is 5.97 Å². The summed E-state index contributed by atoms with van der Waals surface area (Å²) in [5.74, 6) is -1.47. The van der Waals surface area contributed by atoms with Crippen LogP contribution in [0.15, 0.2) is 53.5 Å². The van der Waals surface area contributed by atoms with E-state index in [-0.39, 0.29) is 46.7 Å². The van der Waals surface area contributed by atoms with Crippen LogP contribution in [0.5, 0.6) is 0 Å². The summed E-state index contributed by atoms with van der Waals surface area (Å²) >= 11 is 1.69. The molecule has 0 saturated heterocycles. The maximum atomic E-state index is 12.6. The van der Waals surface area contributed by atoms with E-state index >= 15 is 0 Å². The molecule has 0 unspecified atom stereocenters. The quantitative estimate of drug-likeness (QED) is 0.354. The molecule has 157 valence electrons. The van der Waals surface area contributed by atoms with Crippen molar-refractivity contribution in [3.05, 3.63) is 80.6 Å². The number of carbonyl (C=O) groups excluding carboxylic acids is 1. The molecule has 0 saturated carbocycles. The Morgan fingerprint density at radius 1 is 1.25 bits per heavy atom. The zero-order valence-corrected chi connectivity index (χ0v) is 20.7. The summed E-state index contributed by atoms with van der Waals surface area (Å²) in [5.41, 5.74) is 1.03. The second-order valence-corrected chi connectivity index (χ2v) is 8.33. The Hall–Kier alpha value is -2.78. The van der Waals surface area contributed by atoms with Crippen molar-refractivity contribution < 1.29 is 14.7 Å². The number of hydrogen-bond donors (Lipinski definition) is 2. The minimum atomic E-state index is -1.31. The number of aryl methyl sites for hydroxylation is 1. The van der Waals surface area contributed by atoms with Gasteiger partial charge in [-0.3, -0.25) is 9.59 Å². The number of carbonyl (C=O) groups is 2. The molecule has 0 aliphatic heterocycles. The zero-order chi connectivity index (χ0) is 22.1. The Bertz CT molecular complexity index is 1420. The molecular formula is C23H19N3NaO4S. The van der Waals surface area contributed by atoms with Crippen molar-refractivity contribution in [2.75, 3.05) is 7.05 Å². The fourth-order valence-electron chi connectivity index (χ4n) is 3.32. The largest absolute Gasteiger partial charge is 0.477 e. The number of fused-ring (bicyclic) bond motifs is 2. The Balaban J connectivity index is 0.00000289. The van der Waals surface area contributed by atoms with Gasteiger partial charge in [-0.15, -0.1) is 11.3 Å². The van der Waals surface area contributed by atoms with Crippen LogP contribution in [0.2, 0.25) is 0 Å². The van der Waals surface area contributed by atoms with E-state index in [1.807, 2.05) is 12.1 Å². The molecule has 0 aliphatic rings. The number of H-pyrrole nitrogens is 1. The molecule has 0 aliphatic carbocycles. The Kier molecular flexibility index (Phi) is 7.30. The van der Waals surface area contributed by atoms with Crippen molar-refractivity contribution in [1.82, 2.24) is 14.9 Å². The van der Waals surface area contributed by atoms with Crippen LogP contribution in [0.25, 0.3) is 27.2 Å². The van der Waals surface area contributed by atoms with Crippen LogP contribution in [0.4, 0.5) is 0 Å². The van der Waals surface area contributed by atoms with Crippen LogP contribution in [0.3, 0.4) is 0 Å². The Morgan fingerprint density at radius 3 is 2.72 bits per heavy atom. The molecule has 7 nitrogen and oxygen atoms in total. The number of benzene rings is 1. The summed E-state index contributed by atoms with van der Waals surface area (Å²) < 4.78 is 1.20. The predicted octanol–water partition coefficient (Wildman–Crippen LogP) is 3.44. The van der Waals surface area contributed by atoms with E-state index in [0.29, 0.717) is 17.5 Å². The van der Waals surface area contributed by atoms with Crippen molar-refractivity contribution in [3.63, 3.8) is 0 Å². The van der Waals surface area contributed by atoms with Crippen LogP contribution in [0.1, 0.15) is 26.4 Å². The third-order valence-corrected chi connectivity index (χ3v) is 6.32. The smallest absolute Gasteiger partial charge is 0.341 e. The van der Waals surface area contributed by atoms with Gasteiger partial charge in [0, 0.05) is 63.8 Å². The van der Waals surface area contributed by atoms with Crippen LogP contribution in [-0.2, 0) is 11.3 Å². The summed E-state index contributed by atoms with van der Waals surface area (Å²) in [7, 11) is 1.75. The molecule has 1 amide bonds. The first-order valence-corrected chi connectivity index (χ1v) is 10.3. The summed E-state index contributed by atoms with van der Waals surface area (Å²) in [4.78, 5) is 44.9. The minimum absolute atomic E-state index is 0. The minimum Gasteiger partial charge on any atom is -0.477 e. The average Bonchev–Trinajstić information content (AvgIpc) is 3.06. The topological polar surface area (TPSA) is 103 Å². The Labute approximate surface area is 209 Å². The number of thiophene rings is 1. The van der Waals surface area contributed by atoms with Crippen LogP contribution in [0, 0.1) is 6.92 Å². The molecule has 0 spiro atoms. The molecule has 4 rings (SSSR count). The fourth-order valence-corrected chi connectivity index (χ4v) is 4.59. The molecule has 0 fully saturated rings. The number of carboxylic acids is 1. The number of rotatable bonds is 5. The van der Waals surface area contributed by atoms with Crippen molar-refractivity contribution in [2.45, 2.75) is 13.5 Å². The molecule has 2 N–H and O–H groups in total. The normalized spacial score (nSPS) is 11.1. The van der Waals surface area contributed by atoms with E-state index in [0.717, 1.165) is 4.88 Å². The van der Waals surface area contributed by atoms with Crippen LogP contribution in [-0.4, -0.2) is 68.5 Å². The number of nitrogens with zero attached hydrogens (tertiary/aromatic N) is 2. The number of aromatic amines is 1. The van der Waals surface area contributed by atoms with E-state index in [2.05, 4.69) is 29.0 Å². The maximum absolute atomic E-state index is 12.6. The van der Waals surface area contributed by atoms with E-state index in [4.69, 9.17) is 5.11 Å². The van der Waals surface area contributed by atoms with Gasteiger partial charge in [0.25, 0.3) is 5.56 Å². The van der Waals surface area contributed by atoms with Crippen LogP contribution < -0.4 is 5.56 Å². The van der Waals surface area contributed by atoms with Crippen molar-refractivity contribution in [3.8, 4) is 0 Å². The van der Waals surface area contributed by atoms with Gasteiger partial charge in [0.2, 0.25) is 5.91 Å². The van der Waals surface area contributed by atoms with E-state index in [9.17, 15) is 14.4 Å². The van der Waals surface area contributed by atoms with Gasteiger partial charge in [-0.2, -0.15) is 0 Å². The molecule has 32 heavy (non-hydrogen) atoms. The van der Waals surface area contributed by atoms with Gasteiger partial charge in [-0.25, -0.2) is 9.78 Å². The van der Waals surface area contributed by atoms with E-state index < -0.39 is 11.5 Å².